The van der Waals surface area contributed by atoms with Gasteiger partial charge in [0.15, 0.2) is 0 Å². The van der Waals surface area contributed by atoms with Crippen molar-refractivity contribution in [3.05, 3.63) is 65.4 Å². The fraction of sp³-hybridized carbons (Fsp3) is 0.407. The number of hydrogen-bond acceptors (Lipinski definition) is 3. The number of para-hydroxylation sites is 1. The molecule has 1 aliphatic carbocycles. The number of hydrogen-bond donors (Lipinski definition) is 1. The van der Waals surface area contributed by atoms with Crippen LogP contribution in [-0.4, -0.2) is 23.3 Å². The summed E-state index contributed by atoms with van der Waals surface area (Å²) >= 11 is 0. The quantitative estimate of drug-likeness (QED) is 0.257. The molecular weight excluding hydrogens is 398 g/mol. The fourth-order valence-corrected chi connectivity index (χ4v) is 4.48. The number of amides is 1. The van der Waals surface area contributed by atoms with Gasteiger partial charge in [-0.2, -0.15) is 5.10 Å². The van der Waals surface area contributed by atoms with Gasteiger partial charge in [-0.1, -0.05) is 38.0 Å². The van der Waals surface area contributed by atoms with E-state index in [2.05, 4.69) is 46.3 Å². The van der Waals surface area contributed by atoms with Crippen molar-refractivity contribution in [3.8, 4) is 5.75 Å². The average molecular weight is 432 g/mol. The number of unbranched alkanes of at least 4 members (excludes halogenated alkanes) is 2. The summed E-state index contributed by atoms with van der Waals surface area (Å²) < 4.78 is 8.07. The molecule has 0 unspecified atom stereocenters. The van der Waals surface area contributed by atoms with Crippen molar-refractivity contribution < 1.29 is 9.53 Å². The van der Waals surface area contributed by atoms with Crippen LogP contribution in [-0.2, 0) is 24.2 Å². The molecule has 0 saturated heterocycles. The molecule has 0 radical (unpaired) electrons. The predicted octanol–water partition coefficient (Wildman–Crippen LogP) is 5.63. The third-order valence-electron chi connectivity index (χ3n) is 6.15. The molecule has 0 saturated carbocycles. The number of carbonyl (C=O) groups is 1. The first-order valence-electron chi connectivity index (χ1n) is 11.9. The lowest BCUT2D eigenvalue weighted by atomic mass is 9.95. The van der Waals surface area contributed by atoms with E-state index >= 15 is 0 Å². The molecule has 1 heterocycles. The largest absolute Gasteiger partial charge is 0.494 e. The molecule has 1 aliphatic rings. The number of nitrogens with one attached hydrogen (secondary N) is 1. The number of benzene rings is 2. The van der Waals surface area contributed by atoms with Crippen LogP contribution in [0.2, 0.25) is 0 Å². The lowest BCUT2D eigenvalue weighted by Gasteiger charge is -2.15. The van der Waals surface area contributed by atoms with Gasteiger partial charge < -0.3 is 9.30 Å². The van der Waals surface area contributed by atoms with Crippen LogP contribution in [0, 0.1) is 0 Å². The zero-order valence-electron chi connectivity index (χ0n) is 19.0. The van der Waals surface area contributed by atoms with Gasteiger partial charge in [0.2, 0.25) is 5.91 Å². The maximum absolute atomic E-state index is 12.4. The number of aromatic nitrogens is 1. The summed E-state index contributed by atoms with van der Waals surface area (Å²) in [5.74, 6) is 0.795. The van der Waals surface area contributed by atoms with E-state index in [4.69, 9.17) is 4.74 Å². The lowest BCUT2D eigenvalue weighted by Crippen LogP contribution is -2.20. The summed E-state index contributed by atoms with van der Waals surface area (Å²) in [6.45, 7) is 3.61. The normalized spacial score (nSPS) is 13.4. The second-order valence-corrected chi connectivity index (χ2v) is 8.47. The molecule has 32 heavy (non-hydrogen) atoms. The Labute approximate surface area is 190 Å². The average Bonchev–Trinajstić information content (AvgIpc) is 3.15. The third kappa shape index (κ3) is 5.39. The van der Waals surface area contributed by atoms with Gasteiger partial charge in [-0.05, 0) is 73.6 Å². The molecule has 2 aromatic carbocycles. The highest BCUT2D eigenvalue weighted by atomic mass is 16.5. The first-order valence-corrected chi connectivity index (χ1v) is 11.9. The van der Waals surface area contributed by atoms with Crippen LogP contribution in [0.15, 0.2) is 53.6 Å². The van der Waals surface area contributed by atoms with Crippen molar-refractivity contribution >= 4 is 23.0 Å². The zero-order valence-corrected chi connectivity index (χ0v) is 19.0. The second kappa shape index (κ2) is 11.0. The Morgan fingerprint density at radius 2 is 1.91 bits per heavy atom. The lowest BCUT2D eigenvalue weighted by molar-refractivity contribution is -0.121. The molecule has 1 amide bonds. The van der Waals surface area contributed by atoms with E-state index in [-0.39, 0.29) is 5.91 Å². The van der Waals surface area contributed by atoms with Crippen LogP contribution in [0.5, 0.6) is 5.75 Å². The number of carbonyl (C=O) groups excluding carboxylic acids is 1. The standard InChI is InChI=1S/C27H33N3O2/c1-2-3-8-19-32-22-15-13-21(14-16-22)20-28-29-27(31)17-18-30-25-11-6-4-9-23(25)24-10-5-7-12-26(24)30/h4,6,9,11,13-16,20H,2-3,5,7-8,10,12,17-19H2,1H3,(H,29,31)/b28-20-. The number of rotatable bonds is 10. The highest BCUT2D eigenvalue weighted by Gasteiger charge is 2.19. The number of nitrogens with zero attached hydrogens (tertiary/aromatic N) is 2. The minimum absolute atomic E-state index is 0.0699. The van der Waals surface area contributed by atoms with E-state index in [9.17, 15) is 4.79 Å². The third-order valence-corrected chi connectivity index (χ3v) is 6.15. The van der Waals surface area contributed by atoms with E-state index in [1.807, 2.05) is 24.3 Å². The van der Waals surface area contributed by atoms with Gasteiger partial charge in [0.25, 0.3) is 0 Å². The minimum Gasteiger partial charge on any atom is -0.494 e. The summed E-state index contributed by atoms with van der Waals surface area (Å²) in [5, 5.41) is 5.48. The number of fused-ring (bicyclic) bond motifs is 3. The smallest absolute Gasteiger partial charge is 0.241 e. The van der Waals surface area contributed by atoms with Gasteiger partial charge >= 0.3 is 0 Å². The Morgan fingerprint density at radius 3 is 2.75 bits per heavy atom. The number of aryl methyl sites for hydroxylation is 2. The van der Waals surface area contributed by atoms with Gasteiger partial charge in [-0.3, -0.25) is 4.79 Å². The molecule has 0 fully saturated rings. The van der Waals surface area contributed by atoms with E-state index in [0.717, 1.165) is 37.2 Å². The maximum Gasteiger partial charge on any atom is 0.241 e. The van der Waals surface area contributed by atoms with Gasteiger partial charge in [0.05, 0.1) is 12.8 Å². The second-order valence-electron chi connectivity index (χ2n) is 8.47. The SMILES string of the molecule is CCCCCOc1ccc(/C=N\NC(=O)CCn2c3c(c4ccccc42)CCCC3)cc1. The summed E-state index contributed by atoms with van der Waals surface area (Å²) in [5.41, 5.74) is 7.72. The summed E-state index contributed by atoms with van der Waals surface area (Å²) in [6, 6.07) is 16.3. The molecular formula is C27H33N3O2. The van der Waals surface area contributed by atoms with Crippen LogP contribution in [0.4, 0.5) is 0 Å². The molecule has 5 nitrogen and oxygen atoms in total. The summed E-state index contributed by atoms with van der Waals surface area (Å²) in [6.07, 6.45) is 10.3. The Hall–Kier alpha value is -3.08. The Balaban J connectivity index is 1.29. The Kier molecular flexibility index (Phi) is 7.59. The summed E-state index contributed by atoms with van der Waals surface area (Å²) in [7, 11) is 0. The summed E-state index contributed by atoms with van der Waals surface area (Å²) in [4.78, 5) is 12.4. The fourth-order valence-electron chi connectivity index (χ4n) is 4.48. The van der Waals surface area contributed by atoms with Crippen LogP contribution >= 0.6 is 0 Å². The number of hydrazone groups is 1. The van der Waals surface area contributed by atoms with Crippen LogP contribution in [0.1, 0.15) is 62.3 Å². The molecule has 1 N–H and O–H groups in total. The van der Waals surface area contributed by atoms with E-state index in [0.29, 0.717) is 13.0 Å². The van der Waals surface area contributed by atoms with Gasteiger partial charge in [0, 0.05) is 29.6 Å². The number of ether oxygens (including phenoxy) is 1. The topological polar surface area (TPSA) is 55.6 Å². The molecule has 3 aromatic rings. The molecule has 1 aromatic heterocycles. The molecule has 0 atom stereocenters. The van der Waals surface area contributed by atoms with Crippen LogP contribution < -0.4 is 10.2 Å². The van der Waals surface area contributed by atoms with Crippen LogP contribution in [0.3, 0.4) is 0 Å². The minimum atomic E-state index is -0.0699. The van der Waals surface area contributed by atoms with Gasteiger partial charge in [-0.25, -0.2) is 5.43 Å². The Morgan fingerprint density at radius 1 is 1.09 bits per heavy atom. The highest BCUT2D eigenvalue weighted by molar-refractivity contribution is 5.86. The van der Waals surface area contributed by atoms with Gasteiger partial charge in [-0.15, -0.1) is 0 Å². The van der Waals surface area contributed by atoms with Crippen molar-refractivity contribution in [1.82, 2.24) is 9.99 Å². The van der Waals surface area contributed by atoms with Crippen LogP contribution in [0.25, 0.3) is 10.9 Å². The van der Waals surface area contributed by atoms with Gasteiger partial charge in [0.1, 0.15) is 5.75 Å². The zero-order chi connectivity index (χ0) is 22.2. The molecule has 0 bridgehead atoms. The van der Waals surface area contributed by atoms with Crippen molar-refractivity contribution in [1.29, 1.82) is 0 Å². The van der Waals surface area contributed by atoms with E-state index in [1.165, 1.54) is 47.8 Å². The van der Waals surface area contributed by atoms with E-state index in [1.54, 1.807) is 6.21 Å². The van der Waals surface area contributed by atoms with Crippen molar-refractivity contribution in [2.75, 3.05) is 6.61 Å². The highest BCUT2D eigenvalue weighted by Crippen LogP contribution is 2.32. The molecule has 0 aliphatic heterocycles. The maximum atomic E-state index is 12.4. The van der Waals surface area contributed by atoms with Crippen molar-refractivity contribution in [3.63, 3.8) is 0 Å². The van der Waals surface area contributed by atoms with E-state index < -0.39 is 0 Å². The first kappa shape index (κ1) is 22.1. The molecule has 5 heteroatoms. The molecule has 4 rings (SSSR count). The molecule has 168 valence electrons. The van der Waals surface area contributed by atoms with Crippen molar-refractivity contribution in [2.24, 2.45) is 5.10 Å². The van der Waals surface area contributed by atoms with Crippen molar-refractivity contribution in [2.45, 2.75) is 64.8 Å². The molecule has 0 spiro atoms. The predicted molar refractivity (Wildman–Crippen MR) is 130 cm³/mol. The monoisotopic (exact) mass is 431 g/mol. The Bertz CT molecular complexity index is 1070. The first-order chi connectivity index (χ1) is 15.8.